The zero-order valence-electron chi connectivity index (χ0n) is 13.0. The molecule has 7 heteroatoms. The molecule has 0 saturated carbocycles. The molecule has 0 aromatic heterocycles. The number of aliphatic hydroxyl groups excluding tert-OH is 1. The lowest BCUT2D eigenvalue weighted by Crippen LogP contribution is -2.41. The van der Waals surface area contributed by atoms with Crippen molar-refractivity contribution >= 4 is 43.9 Å². The first-order valence-corrected chi connectivity index (χ1v) is 9.32. The van der Waals surface area contributed by atoms with Crippen LogP contribution in [0.4, 0.5) is 4.79 Å². The molecule has 1 heterocycles. The molecule has 2 aromatic carbocycles. The Labute approximate surface area is 161 Å². The molecular formula is C18H15Br2NO4. The van der Waals surface area contributed by atoms with E-state index in [4.69, 9.17) is 4.74 Å². The third kappa shape index (κ3) is 3.78. The van der Waals surface area contributed by atoms with E-state index in [9.17, 15) is 14.7 Å². The van der Waals surface area contributed by atoms with E-state index >= 15 is 0 Å². The summed E-state index contributed by atoms with van der Waals surface area (Å²) >= 11 is 6.57. The Balaban J connectivity index is 1.82. The van der Waals surface area contributed by atoms with Crippen molar-refractivity contribution in [2.24, 2.45) is 0 Å². The maximum absolute atomic E-state index is 12.8. The Morgan fingerprint density at radius 3 is 2.44 bits per heavy atom. The number of hydrogen-bond donors (Lipinski definition) is 1. The van der Waals surface area contributed by atoms with Crippen LogP contribution in [0.5, 0.6) is 0 Å². The number of nitrogens with zero attached hydrogens (tertiary/aromatic N) is 1. The van der Waals surface area contributed by atoms with Gasteiger partial charge in [-0.15, -0.1) is 0 Å². The normalized spacial score (nSPS) is 19.4. The Kier molecular flexibility index (Phi) is 5.56. The van der Waals surface area contributed by atoms with Crippen LogP contribution in [0.2, 0.25) is 0 Å². The monoisotopic (exact) mass is 467 g/mol. The molecule has 1 aliphatic heterocycles. The van der Waals surface area contributed by atoms with Crippen molar-refractivity contribution in [2.75, 3.05) is 6.61 Å². The summed E-state index contributed by atoms with van der Waals surface area (Å²) in [7, 11) is 0. The summed E-state index contributed by atoms with van der Waals surface area (Å²) < 4.78 is 5.93. The molecule has 130 valence electrons. The van der Waals surface area contributed by atoms with Crippen molar-refractivity contribution in [1.29, 1.82) is 0 Å². The van der Waals surface area contributed by atoms with Gasteiger partial charge >= 0.3 is 6.09 Å². The summed E-state index contributed by atoms with van der Waals surface area (Å²) in [5.74, 6) is -0.535. The lowest BCUT2D eigenvalue weighted by atomic mass is 10.0. The van der Waals surface area contributed by atoms with Crippen LogP contribution in [-0.2, 0) is 9.53 Å². The van der Waals surface area contributed by atoms with Crippen molar-refractivity contribution in [3.8, 4) is 0 Å². The summed E-state index contributed by atoms with van der Waals surface area (Å²) in [6.45, 7) is 0.0999. The van der Waals surface area contributed by atoms with Gasteiger partial charge in [0.1, 0.15) is 23.6 Å². The number of benzene rings is 2. The number of alkyl halides is 1. The second-order valence-corrected chi connectivity index (χ2v) is 7.51. The first-order chi connectivity index (χ1) is 12.0. The fourth-order valence-corrected chi connectivity index (χ4v) is 3.47. The highest BCUT2D eigenvalue weighted by molar-refractivity contribution is 9.10. The van der Waals surface area contributed by atoms with E-state index in [0.717, 1.165) is 14.9 Å². The highest BCUT2D eigenvalue weighted by Gasteiger charge is 2.42. The molecule has 0 bridgehead atoms. The minimum absolute atomic E-state index is 0.0999. The van der Waals surface area contributed by atoms with E-state index in [1.54, 1.807) is 24.3 Å². The standard InChI is InChI=1S/C18H15Br2NO4/c19-13-8-6-12(7-9-13)16(22)15(20)17(23)21-14(10-25-18(21)24)11-4-2-1-3-5-11/h1-9,14-16,22H,10H2/t14-,15+,16+/m0/s1. The fraction of sp³-hybridized carbons (Fsp3) is 0.222. The summed E-state index contributed by atoms with van der Waals surface area (Å²) in [4.78, 5) is 25.0. The van der Waals surface area contributed by atoms with Gasteiger partial charge in [-0.25, -0.2) is 9.69 Å². The van der Waals surface area contributed by atoms with Crippen molar-refractivity contribution in [1.82, 2.24) is 4.90 Å². The van der Waals surface area contributed by atoms with Crippen LogP contribution in [0.15, 0.2) is 59.1 Å². The number of hydrogen-bond acceptors (Lipinski definition) is 4. The first kappa shape index (κ1) is 18.1. The molecule has 0 unspecified atom stereocenters. The van der Waals surface area contributed by atoms with E-state index in [1.165, 1.54) is 0 Å². The summed E-state index contributed by atoms with van der Waals surface area (Å²) in [5, 5.41) is 10.5. The van der Waals surface area contributed by atoms with Gasteiger partial charge in [-0.05, 0) is 23.3 Å². The van der Waals surface area contributed by atoms with Crippen molar-refractivity contribution < 1.29 is 19.4 Å². The van der Waals surface area contributed by atoms with Crippen LogP contribution in [0.1, 0.15) is 23.3 Å². The van der Waals surface area contributed by atoms with E-state index in [0.29, 0.717) is 5.56 Å². The van der Waals surface area contributed by atoms with E-state index in [-0.39, 0.29) is 6.61 Å². The molecule has 2 amide bonds. The molecule has 0 aliphatic carbocycles. The van der Waals surface area contributed by atoms with E-state index in [2.05, 4.69) is 31.9 Å². The zero-order valence-corrected chi connectivity index (χ0v) is 16.2. The van der Waals surface area contributed by atoms with Gasteiger partial charge in [-0.3, -0.25) is 4.79 Å². The number of aliphatic hydroxyl groups is 1. The smallest absolute Gasteiger partial charge is 0.417 e. The third-order valence-electron chi connectivity index (χ3n) is 4.02. The molecule has 25 heavy (non-hydrogen) atoms. The maximum atomic E-state index is 12.8. The molecule has 1 N–H and O–H groups in total. The van der Waals surface area contributed by atoms with Crippen LogP contribution in [0, 0.1) is 0 Å². The number of amides is 2. The largest absolute Gasteiger partial charge is 0.446 e. The van der Waals surface area contributed by atoms with Gasteiger partial charge in [0.15, 0.2) is 0 Å². The minimum Gasteiger partial charge on any atom is -0.446 e. The average molecular weight is 469 g/mol. The van der Waals surface area contributed by atoms with Crippen molar-refractivity contribution in [3.05, 3.63) is 70.2 Å². The van der Waals surface area contributed by atoms with Gasteiger partial charge in [-0.2, -0.15) is 0 Å². The predicted molar refractivity (Wildman–Crippen MR) is 99.2 cm³/mol. The highest BCUT2D eigenvalue weighted by Crippen LogP contribution is 2.32. The second kappa shape index (κ2) is 7.68. The van der Waals surface area contributed by atoms with Gasteiger partial charge in [-0.1, -0.05) is 74.3 Å². The molecule has 1 aliphatic rings. The Morgan fingerprint density at radius 2 is 1.80 bits per heavy atom. The van der Waals surface area contributed by atoms with E-state index in [1.807, 2.05) is 30.3 Å². The SMILES string of the molecule is O=C1OC[C@@H](c2ccccc2)N1C(=O)[C@H](Br)[C@H](O)c1ccc(Br)cc1. The number of carbonyl (C=O) groups excluding carboxylic acids is 2. The number of imide groups is 1. The molecule has 0 radical (unpaired) electrons. The van der Waals surface area contributed by atoms with Crippen LogP contribution < -0.4 is 0 Å². The first-order valence-electron chi connectivity index (χ1n) is 7.61. The Morgan fingerprint density at radius 1 is 1.16 bits per heavy atom. The second-order valence-electron chi connectivity index (χ2n) is 5.61. The highest BCUT2D eigenvalue weighted by atomic mass is 79.9. The average Bonchev–Trinajstić information content (AvgIpc) is 3.02. The van der Waals surface area contributed by atoms with Crippen molar-refractivity contribution in [3.63, 3.8) is 0 Å². The number of halogens is 2. The molecule has 1 fully saturated rings. The van der Waals surface area contributed by atoms with Gasteiger partial charge in [0, 0.05) is 4.47 Å². The molecule has 1 saturated heterocycles. The topological polar surface area (TPSA) is 66.8 Å². The third-order valence-corrected chi connectivity index (χ3v) is 5.44. The van der Waals surface area contributed by atoms with Crippen molar-refractivity contribution in [2.45, 2.75) is 17.0 Å². The predicted octanol–water partition coefficient (Wildman–Crippen LogP) is 3.97. The number of carbonyl (C=O) groups is 2. The molecule has 2 aromatic rings. The molecule has 3 atom stereocenters. The van der Waals surface area contributed by atoms with Gasteiger partial charge < -0.3 is 9.84 Å². The van der Waals surface area contributed by atoms with Crippen LogP contribution in [0.3, 0.4) is 0 Å². The molecular weight excluding hydrogens is 454 g/mol. The summed E-state index contributed by atoms with van der Waals surface area (Å²) in [6.07, 6.45) is -1.79. The lowest BCUT2D eigenvalue weighted by Gasteiger charge is -2.25. The molecule has 3 rings (SSSR count). The molecule has 5 nitrogen and oxygen atoms in total. The van der Waals surface area contributed by atoms with Crippen LogP contribution in [0.25, 0.3) is 0 Å². The quantitative estimate of drug-likeness (QED) is 0.689. The Hall–Kier alpha value is -1.70. The lowest BCUT2D eigenvalue weighted by molar-refractivity contribution is -0.130. The zero-order chi connectivity index (χ0) is 18.0. The van der Waals surface area contributed by atoms with Gasteiger partial charge in [0.25, 0.3) is 0 Å². The van der Waals surface area contributed by atoms with Gasteiger partial charge in [0.2, 0.25) is 5.91 Å². The summed E-state index contributed by atoms with van der Waals surface area (Å²) in [6, 6.07) is 15.7. The number of cyclic esters (lactones) is 1. The van der Waals surface area contributed by atoms with Crippen LogP contribution >= 0.6 is 31.9 Å². The minimum atomic E-state index is -1.09. The number of rotatable bonds is 4. The fourth-order valence-electron chi connectivity index (χ4n) is 2.68. The van der Waals surface area contributed by atoms with Gasteiger partial charge in [0.05, 0.1) is 0 Å². The van der Waals surface area contributed by atoms with E-state index < -0.39 is 29.0 Å². The summed E-state index contributed by atoms with van der Waals surface area (Å²) in [5.41, 5.74) is 1.38. The molecule has 0 spiro atoms. The van der Waals surface area contributed by atoms with Crippen LogP contribution in [-0.4, -0.2) is 33.4 Å². The Bertz CT molecular complexity index is 766. The maximum Gasteiger partial charge on any atom is 0.417 e. The number of ether oxygens (including phenoxy) is 1.